The first-order valence-corrected chi connectivity index (χ1v) is 15.4. The Morgan fingerprint density at radius 1 is 0.690 bits per heavy atom. The number of nitrogens with zero attached hydrogens (tertiary/aromatic N) is 1. The van der Waals surface area contributed by atoms with Crippen molar-refractivity contribution in [2.45, 2.75) is 79.4 Å². The molecule has 1 saturated heterocycles. The molecule has 0 aliphatic carbocycles. The lowest BCUT2D eigenvalue weighted by molar-refractivity contribution is 0.220. The molecule has 0 atom stereocenters. The van der Waals surface area contributed by atoms with Crippen LogP contribution in [0, 0.1) is 32.4 Å². The maximum atomic E-state index is 13.9. The van der Waals surface area contributed by atoms with Crippen LogP contribution in [0.1, 0.15) is 70.7 Å². The van der Waals surface area contributed by atoms with Gasteiger partial charge in [-0.3, -0.25) is 4.90 Å². The second-order valence-electron chi connectivity index (χ2n) is 11.8. The number of hydrogen-bond acceptors (Lipinski definition) is 2. The molecule has 2 nitrogen and oxygen atoms in total. The third kappa shape index (κ3) is 7.10. The molecule has 1 aliphatic heterocycles. The van der Waals surface area contributed by atoms with E-state index in [0.29, 0.717) is 25.0 Å². The SMILES string of the molecule is CCc1cccc(-c2cccc(COc3cc(CCc4cc(F)cc(F)c4)c(CN4CCCCC4)cc3C)c2C)c1C. The molecule has 0 spiro atoms. The molecule has 220 valence electrons. The van der Waals surface area contributed by atoms with E-state index in [4.69, 9.17) is 4.74 Å². The lowest BCUT2D eigenvalue weighted by atomic mass is 9.91. The summed E-state index contributed by atoms with van der Waals surface area (Å²) in [5.74, 6) is -0.187. The Morgan fingerprint density at radius 2 is 1.33 bits per heavy atom. The zero-order chi connectivity index (χ0) is 29.6. The van der Waals surface area contributed by atoms with E-state index in [1.165, 1.54) is 75.9 Å². The molecule has 1 aliphatic rings. The summed E-state index contributed by atoms with van der Waals surface area (Å²) in [6.45, 7) is 12.3. The highest BCUT2D eigenvalue weighted by Gasteiger charge is 2.16. The van der Waals surface area contributed by atoms with Crippen molar-refractivity contribution in [2.24, 2.45) is 0 Å². The van der Waals surface area contributed by atoms with Crippen LogP contribution in [-0.4, -0.2) is 18.0 Å². The molecule has 4 heteroatoms. The fourth-order valence-electron chi connectivity index (χ4n) is 6.36. The highest BCUT2D eigenvalue weighted by molar-refractivity contribution is 5.72. The van der Waals surface area contributed by atoms with Crippen LogP contribution in [0.25, 0.3) is 11.1 Å². The molecule has 0 saturated carbocycles. The van der Waals surface area contributed by atoms with E-state index in [-0.39, 0.29) is 0 Å². The van der Waals surface area contributed by atoms with E-state index in [1.54, 1.807) is 0 Å². The van der Waals surface area contributed by atoms with Crippen LogP contribution in [0.2, 0.25) is 0 Å². The second-order valence-corrected chi connectivity index (χ2v) is 11.8. The summed E-state index contributed by atoms with van der Waals surface area (Å²) in [7, 11) is 0. The molecule has 5 rings (SSSR count). The Morgan fingerprint density at radius 3 is 2.00 bits per heavy atom. The number of hydrogen-bond donors (Lipinski definition) is 0. The molecule has 0 bridgehead atoms. The number of benzene rings is 4. The quantitative estimate of drug-likeness (QED) is 0.189. The number of ether oxygens (including phenoxy) is 1. The Bertz CT molecular complexity index is 1520. The monoisotopic (exact) mass is 567 g/mol. The van der Waals surface area contributed by atoms with Gasteiger partial charge in [0.15, 0.2) is 0 Å². The maximum absolute atomic E-state index is 13.9. The van der Waals surface area contributed by atoms with Crippen molar-refractivity contribution in [1.82, 2.24) is 4.90 Å². The van der Waals surface area contributed by atoms with Gasteiger partial charge in [0, 0.05) is 12.6 Å². The summed E-state index contributed by atoms with van der Waals surface area (Å²) in [4.78, 5) is 2.52. The van der Waals surface area contributed by atoms with Crippen LogP contribution in [0.5, 0.6) is 5.75 Å². The topological polar surface area (TPSA) is 12.5 Å². The number of likely N-dealkylation sites (tertiary alicyclic amines) is 1. The Labute approximate surface area is 250 Å². The number of aryl methyl sites for hydroxylation is 4. The van der Waals surface area contributed by atoms with Gasteiger partial charge in [0.1, 0.15) is 24.0 Å². The molecule has 0 N–H and O–H groups in total. The Hall–Kier alpha value is -3.50. The van der Waals surface area contributed by atoms with Gasteiger partial charge in [-0.05, 0) is 140 Å². The molecule has 1 fully saturated rings. The molecule has 0 amide bonds. The second kappa shape index (κ2) is 13.6. The van der Waals surface area contributed by atoms with E-state index in [2.05, 4.69) is 81.1 Å². The molecular weight excluding hydrogens is 524 g/mol. The highest BCUT2D eigenvalue weighted by atomic mass is 19.1. The minimum Gasteiger partial charge on any atom is -0.489 e. The van der Waals surface area contributed by atoms with E-state index >= 15 is 0 Å². The zero-order valence-electron chi connectivity index (χ0n) is 25.5. The molecule has 0 radical (unpaired) electrons. The fourth-order valence-corrected chi connectivity index (χ4v) is 6.36. The lowest BCUT2D eigenvalue weighted by Gasteiger charge is -2.28. The third-order valence-corrected chi connectivity index (χ3v) is 8.89. The number of halogens is 2. The first-order chi connectivity index (χ1) is 20.3. The van der Waals surface area contributed by atoms with Gasteiger partial charge in [-0.1, -0.05) is 55.8 Å². The molecule has 1 heterocycles. The molecular formula is C38H43F2NO. The van der Waals surface area contributed by atoms with Crippen molar-refractivity contribution in [3.8, 4) is 16.9 Å². The van der Waals surface area contributed by atoms with E-state index in [0.717, 1.165) is 43.4 Å². The van der Waals surface area contributed by atoms with Crippen molar-refractivity contribution >= 4 is 0 Å². The summed E-state index contributed by atoms with van der Waals surface area (Å²) < 4.78 is 34.3. The van der Waals surface area contributed by atoms with Crippen molar-refractivity contribution in [3.63, 3.8) is 0 Å². The molecule has 4 aromatic carbocycles. The normalized spacial score (nSPS) is 13.9. The summed E-state index contributed by atoms with van der Waals surface area (Å²) in [6.07, 6.45) is 6.05. The maximum Gasteiger partial charge on any atom is 0.126 e. The molecule has 42 heavy (non-hydrogen) atoms. The average Bonchev–Trinajstić information content (AvgIpc) is 2.97. The highest BCUT2D eigenvalue weighted by Crippen LogP contribution is 2.32. The van der Waals surface area contributed by atoms with Gasteiger partial charge in [0.05, 0.1) is 0 Å². The Balaban J connectivity index is 1.40. The first-order valence-electron chi connectivity index (χ1n) is 15.4. The van der Waals surface area contributed by atoms with Gasteiger partial charge in [0.2, 0.25) is 0 Å². The summed E-state index contributed by atoms with van der Waals surface area (Å²) in [5, 5.41) is 0. The fraction of sp³-hybridized carbons (Fsp3) is 0.368. The number of piperidine rings is 1. The zero-order valence-corrected chi connectivity index (χ0v) is 25.5. The smallest absolute Gasteiger partial charge is 0.126 e. The van der Waals surface area contributed by atoms with Gasteiger partial charge in [0.25, 0.3) is 0 Å². The predicted molar refractivity (Wildman–Crippen MR) is 169 cm³/mol. The lowest BCUT2D eigenvalue weighted by Crippen LogP contribution is -2.29. The van der Waals surface area contributed by atoms with E-state index in [9.17, 15) is 8.78 Å². The predicted octanol–water partition coefficient (Wildman–Crippen LogP) is 9.47. The third-order valence-electron chi connectivity index (χ3n) is 8.89. The van der Waals surface area contributed by atoms with Gasteiger partial charge in [-0.2, -0.15) is 0 Å². The van der Waals surface area contributed by atoms with Crippen molar-refractivity contribution in [1.29, 1.82) is 0 Å². The minimum atomic E-state index is -0.527. The standard InChI is InChI=1S/C38H43F2NO/c1-5-30-11-9-13-36(27(30)3)37-14-10-12-32(28(37)4)25-42-38-22-31(16-15-29-20-34(39)23-35(40)21-29)33(19-26(38)2)24-41-17-7-6-8-18-41/h9-14,19-23H,5-8,15-18,24-25H2,1-4H3. The van der Waals surface area contributed by atoms with Crippen LogP contribution >= 0.6 is 0 Å². The van der Waals surface area contributed by atoms with Gasteiger partial charge < -0.3 is 4.74 Å². The van der Waals surface area contributed by atoms with Crippen LogP contribution in [0.15, 0.2) is 66.7 Å². The van der Waals surface area contributed by atoms with E-state index in [1.807, 2.05) is 0 Å². The summed E-state index contributed by atoms with van der Waals surface area (Å²) >= 11 is 0. The van der Waals surface area contributed by atoms with Gasteiger partial charge >= 0.3 is 0 Å². The van der Waals surface area contributed by atoms with Crippen molar-refractivity contribution in [3.05, 3.63) is 123 Å². The van der Waals surface area contributed by atoms with Crippen LogP contribution in [0.4, 0.5) is 8.78 Å². The summed E-state index contributed by atoms with van der Waals surface area (Å²) in [6, 6.07) is 21.3. The van der Waals surface area contributed by atoms with Crippen molar-refractivity contribution in [2.75, 3.05) is 13.1 Å². The molecule has 0 aromatic heterocycles. The first kappa shape index (κ1) is 30.0. The average molecular weight is 568 g/mol. The van der Waals surface area contributed by atoms with E-state index < -0.39 is 11.6 Å². The molecule has 0 unspecified atom stereocenters. The van der Waals surface area contributed by atoms with Gasteiger partial charge in [-0.25, -0.2) is 8.78 Å². The van der Waals surface area contributed by atoms with Crippen LogP contribution in [0.3, 0.4) is 0 Å². The summed E-state index contributed by atoms with van der Waals surface area (Å²) in [5.41, 5.74) is 11.9. The van der Waals surface area contributed by atoms with Gasteiger partial charge in [-0.15, -0.1) is 0 Å². The Kier molecular flexibility index (Phi) is 9.74. The largest absolute Gasteiger partial charge is 0.489 e. The molecule has 4 aromatic rings. The van der Waals surface area contributed by atoms with Crippen LogP contribution in [-0.2, 0) is 32.4 Å². The van der Waals surface area contributed by atoms with Crippen molar-refractivity contribution < 1.29 is 13.5 Å². The number of rotatable bonds is 10. The van der Waals surface area contributed by atoms with Crippen LogP contribution < -0.4 is 4.74 Å². The minimum absolute atomic E-state index is 0.479.